The molecule has 17 heavy (non-hydrogen) atoms. The van der Waals surface area contributed by atoms with Crippen LogP contribution in [0.1, 0.15) is 59.8 Å². The van der Waals surface area contributed by atoms with Crippen LogP contribution in [0.3, 0.4) is 0 Å². The molecule has 0 bridgehead atoms. The summed E-state index contributed by atoms with van der Waals surface area (Å²) >= 11 is 0. The van der Waals surface area contributed by atoms with Gasteiger partial charge in [0.15, 0.2) is 0 Å². The number of hydrogen-bond donors (Lipinski definition) is 1. The average Bonchev–Trinajstić information content (AvgIpc) is 2.18. The van der Waals surface area contributed by atoms with Crippen LogP contribution in [0.2, 0.25) is 0 Å². The second-order valence-corrected chi connectivity index (χ2v) is 7.12. The molecule has 1 saturated carbocycles. The van der Waals surface area contributed by atoms with Gasteiger partial charge in [-0.1, -0.05) is 6.42 Å². The van der Waals surface area contributed by atoms with Gasteiger partial charge in [-0.15, -0.1) is 0 Å². The number of piperidine rings is 1. The minimum Gasteiger partial charge on any atom is -0.312 e. The molecule has 2 aliphatic rings. The summed E-state index contributed by atoms with van der Waals surface area (Å²) in [6.07, 6.45) is 7.13. The summed E-state index contributed by atoms with van der Waals surface area (Å²) in [5.41, 5.74) is 0.271. The van der Waals surface area contributed by atoms with E-state index >= 15 is 0 Å². The van der Waals surface area contributed by atoms with Crippen molar-refractivity contribution < 1.29 is 0 Å². The highest BCUT2D eigenvalue weighted by Crippen LogP contribution is 2.35. The topological polar surface area (TPSA) is 15.3 Å². The van der Waals surface area contributed by atoms with E-state index in [2.05, 4.69) is 37.9 Å². The van der Waals surface area contributed by atoms with Crippen LogP contribution < -0.4 is 5.32 Å². The summed E-state index contributed by atoms with van der Waals surface area (Å²) in [5.74, 6) is 0.898. The Bertz CT molecular complexity index is 244. The maximum atomic E-state index is 3.68. The molecular weight excluding hydrogens is 208 g/mol. The third-order valence-electron chi connectivity index (χ3n) is 4.55. The lowest BCUT2D eigenvalue weighted by molar-refractivity contribution is 0.0117. The van der Waals surface area contributed by atoms with E-state index in [4.69, 9.17) is 0 Å². The summed E-state index contributed by atoms with van der Waals surface area (Å²) in [6.45, 7) is 11.8. The Morgan fingerprint density at radius 1 is 1.12 bits per heavy atom. The Balaban J connectivity index is 1.81. The molecule has 1 N–H and O–H groups in total. The van der Waals surface area contributed by atoms with Crippen LogP contribution in [-0.2, 0) is 0 Å². The van der Waals surface area contributed by atoms with Crippen LogP contribution in [0.15, 0.2) is 0 Å². The molecule has 0 aromatic carbocycles. The van der Waals surface area contributed by atoms with Crippen molar-refractivity contribution in [2.45, 2.75) is 77.4 Å². The van der Waals surface area contributed by atoms with Crippen molar-refractivity contribution in [2.24, 2.45) is 5.92 Å². The van der Waals surface area contributed by atoms with Gasteiger partial charge < -0.3 is 5.32 Å². The van der Waals surface area contributed by atoms with Crippen LogP contribution in [0.25, 0.3) is 0 Å². The van der Waals surface area contributed by atoms with Gasteiger partial charge in [0.2, 0.25) is 0 Å². The molecule has 2 nitrogen and oxygen atoms in total. The van der Waals surface area contributed by atoms with Gasteiger partial charge in [0.05, 0.1) is 0 Å². The van der Waals surface area contributed by atoms with Gasteiger partial charge in [0, 0.05) is 17.6 Å². The molecule has 100 valence electrons. The van der Waals surface area contributed by atoms with Crippen LogP contribution in [0, 0.1) is 5.92 Å². The quantitative estimate of drug-likeness (QED) is 0.813. The number of nitrogens with one attached hydrogen (secondary N) is 1. The predicted molar refractivity (Wildman–Crippen MR) is 74.3 cm³/mol. The molecule has 1 saturated heterocycles. The molecule has 0 amide bonds. The van der Waals surface area contributed by atoms with Crippen molar-refractivity contribution in [3.8, 4) is 0 Å². The van der Waals surface area contributed by atoms with Crippen molar-refractivity contribution in [3.05, 3.63) is 0 Å². The maximum absolute atomic E-state index is 3.68. The first kappa shape index (κ1) is 13.4. The van der Waals surface area contributed by atoms with Gasteiger partial charge in [-0.2, -0.15) is 0 Å². The van der Waals surface area contributed by atoms with Crippen molar-refractivity contribution in [1.82, 2.24) is 10.2 Å². The van der Waals surface area contributed by atoms with Crippen molar-refractivity contribution in [2.75, 3.05) is 13.1 Å². The normalized spacial score (nSPS) is 35.6. The number of likely N-dealkylation sites (tertiary alicyclic amines) is 1. The summed E-state index contributed by atoms with van der Waals surface area (Å²) in [4.78, 5) is 2.79. The van der Waals surface area contributed by atoms with E-state index in [0.29, 0.717) is 0 Å². The van der Waals surface area contributed by atoms with Crippen molar-refractivity contribution in [3.63, 3.8) is 0 Å². The molecule has 0 aromatic heterocycles. The van der Waals surface area contributed by atoms with E-state index in [1.165, 1.54) is 45.2 Å². The third-order valence-corrected chi connectivity index (χ3v) is 4.55. The summed E-state index contributed by atoms with van der Waals surface area (Å²) in [6, 6.07) is 1.70. The molecule has 0 spiro atoms. The first-order valence-electron chi connectivity index (χ1n) is 7.48. The van der Waals surface area contributed by atoms with Crippen LogP contribution in [0.4, 0.5) is 0 Å². The van der Waals surface area contributed by atoms with Crippen LogP contribution in [0.5, 0.6) is 0 Å². The van der Waals surface area contributed by atoms with Crippen molar-refractivity contribution >= 4 is 0 Å². The lowest BCUT2D eigenvalue weighted by atomic mass is 9.76. The maximum Gasteiger partial charge on any atom is 0.0139 e. The summed E-state index contributed by atoms with van der Waals surface area (Å²) in [5, 5.41) is 3.68. The Morgan fingerprint density at radius 3 is 2.41 bits per heavy atom. The molecule has 1 heterocycles. The summed E-state index contributed by atoms with van der Waals surface area (Å²) in [7, 11) is 0. The lowest BCUT2D eigenvalue weighted by Gasteiger charge is -2.49. The minimum atomic E-state index is 0.271. The van der Waals surface area contributed by atoms with Crippen LogP contribution >= 0.6 is 0 Å². The fourth-order valence-electron chi connectivity index (χ4n) is 3.28. The zero-order valence-electron chi connectivity index (χ0n) is 12.1. The fourth-order valence-corrected chi connectivity index (χ4v) is 3.28. The monoisotopic (exact) mass is 238 g/mol. The fraction of sp³-hybridized carbons (Fsp3) is 1.00. The number of nitrogens with zero attached hydrogens (tertiary/aromatic N) is 1. The standard InChI is InChI=1S/C15H30N2/c1-12-7-5-6-10-17(12)14-9-8-13(14)11-16-15(2,3)4/h12-14,16H,5-11H2,1-4H3. The second kappa shape index (κ2) is 5.27. The zero-order chi connectivity index (χ0) is 12.5. The molecule has 0 radical (unpaired) electrons. The highest BCUT2D eigenvalue weighted by Gasteiger charge is 2.38. The molecule has 2 fully saturated rings. The molecule has 2 heteroatoms. The molecule has 3 unspecified atom stereocenters. The molecule has 2 rings (SSSR count). The first-order valence-corrected chi connectivity index (χ1v) is 7.48. The lowest BCUT2D eigenvalue weighted by Crippen LogP contribution is -2.56. The Kier molecular flexibility index (Phi) is 4.14. The predicted octanol–water partition coefficient (Wildman–Crippen LogP) is 3.03. The molecular formula is C15H30N2. The highest BCUT2D eigenvalue weighted by atomic mass is 15.2. The second-order valence-electron chi connectivity index (χ2n) is 7.12. The average molecular weight is 238 g/mol. The van der Waals surface area contributed by atoms with E-state index in [-0.39, 0.29) is 5.54 Å². The summed E-state index contributed by atoms with van der Waals surface area (Å²) < 4.78 is 0. The van der Waals surface area contributed by atoms with E-state index < -0.39 is 0 Å². The van der Waals surface area contributed by atoms with Crippen LogP contribution in [-0.4, -0.2) is 35.6 Å². The third kappa shape index (κ3) is 3.45. The Labute approximate surface area is 107 Å². The largest absolute Gasteiger partial charge is 0.312 e. The van der Waals surface area contributed by atoms with E-state index in [1.807, 2.05) is 0 Å². The first-order chi connectivity index (χ1) is 7.97. The van der Waals surface area contributed by atoms with E-state index in [9.17, 15) is 0 Å². The van der Waals surface area contributed by atoms with Gasteiger partial charge in [-0.05, 0) is 72.4 Å². The Hall–Kier alpha value is -0.0800. The van der Waals surface area contributed by atoms with Gasteiger partial charge in [-0.25, -0.2) is 0 Å². The SMILES string of the molecule is CC1CCCCN1C1CCC1CNC(C)(C)C. The van der Waals surface area contributed by atoms with E-state index in [1.54, 1.807) is 0 Å². The minimum absolute atomic E-state index is 0.271. The zero-order valence-corrected chi connectivity index (χ0v) is 12.1. The highest BCUT2D eigenvalue weighted by molar-refractivity contribution is 4.94. The van der Waals surface area contributed by atoms with Crippen molar-refractivity contribution in [1.29, 1.82) is 0 Å². The number of rotatable bonds is 3. The van der Waals surface area contributed by atoms with Gasteiger partial charge in [-0.3, -0.25) is 4.90 Å². The molecule has 0 aromatic rings. The van der Waals surface area contributed by atoms with Gasteiger partial charge in [0.25, 0.3) is 0 Å². The molecule has 1 aliphatic carbocycles. The van der Waals surface area contributed by atoms with Gasteiger partial charge in [0.1, 0.15) is 0 Å². The molecule has 3 atom stereocenters. The number of hydrogen-bond acceptors (Lipinski definition) is 2. The molecule has 1 aliphatic heterocycles. The Morgan fingerprint density at radius 2 is 1.88 bits per heavy atom. The smallest absolute Gasteiger partial charge is 0.0139 e. The van der Waals surface area contributed by atoms with E-state index in [0.717, 1.165) is 18.0 Å². The van der Waals surface area contributed by atoms with Gasteiger partial charge >= 0.3 is 0 Å².